The van der Waals surface area contributed by atoms with Crippen LogP contribution < -0.4 is 14.5 Å². The van der Waals surface area contributed by atoms with E-state index in [9.17, 15) is 8.42 Å². The van der Waals surface area contributed by atoms with Crippen LogP contribution in [0.15, 0.2) is 12.4 Å². The van der Waals surface area contributed by atoms with Gasteiger partial charge in [0.1, 0.15) is 18.0 Å². The molecule has 1 aromatic heterocycles. The minimum Gasteiger partial charge on any atom is -0.363 e. The predicted octanol–water partition coefficient (Wildman–Crippen LogP) is 0.593. The van der Waals surface area contributed by atoms with Gasteiger partial charge in [0.15, 0.2) is 0 Å². The monoisotopic (exact) mass is 325 g/mol. The molecule has 2 fully saturated rings. The summed E-state index contributed by atoms with van der Waals surface area (Å²) in [7, 11) is 0.747. The minimum absolute atomic E-state index is 0.0304. The summed E-state index contributed by atoms with van der Waals surface area (Å²) in [6.45, 7) is 1.56. The lowest BCUT2D eigenvalue weighted by atomic mass is 10.1. The van der Waals surface area contributed by atoms with Gasteiger partial charge in [0, 0.05) is 39.3 Å². The topological polar surface area (TPSA) is 78.4 Å². The van der Waals surface area contributed by atoms with Crippen molar-refractivity contribution in [2.45, 2.75) is 37.0 Å². The van der Waals surface area contributed by atoms with Crippen LogP contribution >= 0.6 is 0 Å². The standard InChI is InChI=1S/C14H23N5O2S/c1-18(2)13-8-14(16-10-15-13)19-7-3-4-11(9-19)17-22(20,21)12-5-6-12/h8,10-12,17H,3-7,9H2,1-2H3/t11-/m0/s1. The molecule has 0 amide bonds. The van der Waals surface area contributed by atoms with Crippen LogP contribution in [0.1, 0.15) is 25.7 Å². The molecule has 8 heteroatoms. The zero-order chi connectivity index (χ0) is 15.7. The fraction of sp³-hybridized carbons (Fsp3) is 0.714. The van der Waals surface area contributed by atoms with Gasteiger partial charge >= 0.3 is 0 Å². The number of sulfonamides is 1. The van der Waals surface area contributed by atoms with Crippen molar-refractivity contribution in [1.82, 2.24) is 14.7 Å². The Hall–Kier alpha value is -1.41. The molecule has 1 saturated heterocycles. The second kappa shape index (κ2) is 6.00. The Morgan fingerprint density at radius 1 is 1.27 bits per heavy atom. The molecule has 1 N–H and O–H groups in total. The molecule has 1 aliphatic carbocycles. The molecule has 0 unspecified atom stereocenters. The van der Waals surface area contributed by atoms with Gasteiger partial charge in [0.05, 0.1) is 5.25 Å². The SMILES string of the molecule is CN(C)c1cc(N2CCC[C@H](NS(=O)(=O)C3CC3)C2)ncn1. The van der Waals surface area contributed by atoms with Crippen LogP contribution in [0.3, 0.4) is 0 Å². The summed E-state index contributed by atoms with van der Waals surface area (Å²) < 4.78 is 27.0. The number of nitrogens with zero attached hydrogens (tertiary/aromatic N) is 4. The van der Waals surface area contributed by atoms with Gasteiger partial charge in [-0.15, -0.1) is 0 Å². The Morgan fingerprint density at radius 3 is 2.73 bits per heavy atom. The molecule has 2 heterocycles. The van der Waals surface area contributed by atoms with E-state index >= 15 is 0 Å². The number of hydrogen-bond donors (Lipinski definition) is 1. The van der Waals surface area contributed by atoms with E-state index in [1.54, 1.807) is 6.33 Å². The number of anilines is 2. The third-order valence-electron chi connectivity index (χ3n) is 4.14. The fourth-order valence-electron chi connectivity index (χ4n) is 2.74. The zero-order valence-corrected chi connectivity index (χ0v) is 13.9. The van der Waals surface area contributed by atoms with Crippen LogP contribution in [0.25, 0.3) is 0 Å². The number of nitrogens with one attached hydrogen (secondary N) is 1. The lowest BCUT2D eigenvalue weighted by Crippen LogP contribution is -2.48. The van der Waals surface area contributed by atoms with E-state index in [4.69, 9.17) is 0 Å². The van der Waals surface area contributed by atoms with E-state index < -0.39 is 10.0 Å². The zero-order valence-electron chi connectivity index (χ0n) is 13.1. The Labute approximate surface area is 131 Å². The lowest BCUT2D eigenvalue weighted by molar-refractivity contribution is 0.463. The van der Waals surface area contributed by atoms with Crippen molar-refractivity contribution >= 4 is 21.7 Å². The Bertz CT molecular complexity index is 630. The van der Waals surface area contributed by atoms with Gasteiger partial charge in [-0.3, -0.25) is 0 Å². The molecule has 0 aromatic carbocycles. The first-order valence-corrected chi connectivity index (χ1v) is 9.26. The molecule has 0 spiro atoms. The van der Waals surface area contributed by atoms with Gasteiger partial charge in [-0.05, 0) is 25.7 Å². The van der Waals surface area contributed by atoms with Crippen molar-refractivity contribution in [1.29, 1.82) is 0 Å². The maximum Gasteiger partial charge on any atom is 0.214 e. The first-order chi connectivity index (χ1) is 10.5. The highest BCUT2D eigenvalue weighted by Crippen LogP contribution is 2.28. The van der Waals surface area contributed by atoms with Crippen LogP contribution in [-0.4, -0.2) is 56.9 Å². The quantitative estimate of drug-likeness (QED) is 0.854. The molecule has 3 rings (SSSR count). The number of hydrogen-bond acceptors (Lipinski definition) is 6. The van der Waals surface area contributed by atoms with Crippen molar-refractivity contribution in [3.63, 3.8) is 0 Å². The smallest absolute Gasteiger partial charge is 0.214 e. The minimum atomic E-state index is -3.13. The highest BCUT2D eigenvalue weighted by atomic mass is 32.2. The molecular weight excluding hydrogens is 302 g/mol. The molecule has 1 saturated carbocycles. The van der Waals surface area contributed by atoms with Gasteiger partial charge in [-0.1, -0.05) is 0 Å². The molecule has 7 nitrogen and oxygen atoms in total. The molecule has 22 heavy (non-hydrogen) atoms. The van der Waals surface area contributed by atoms with Gasteiger partial charge in [-0.2, -0.15) is 0 Å². The summed E-state index contributed by atoms with van der Waals surface area (Å²) in [6.07, 6.45) is 4.99. The molecule has 0 bridgehead atoms. The summed E-state index contributed by atoms with van der Waals surface area (Å²) >= 11 is 0. The predicted molar refractivity (Wildman–Crippen MR) is 86.7 cm³/mol. The summed E-state index contributed by atoms with van der Waals surface area (Å²) in [5.41, 5.74) is 0. The van der Waals surface area contributed by atoms with E-state index in [0.717, 1.165) is 43.9 Å². The van der Waals surface area contributed by atoms with Crippen molar-refractivity contribution in [2.24, 2.45) is 0 Å². The van der Waals surface area contributed by atoms with Gasteiger partial charge < -0.3 is 9.80 Å². The summed E-state index contributed by atoms with van der Waals surface area (Å²) in [5.74, 6) is 1.71. The number of rotatable bonds is 5. The van der Waals surface area contributed by atoms with Gasteiger partial charge in [0.2, 0.25) is 10.0 Å². The maximum absolute atomic E-state index is 12.1. The Morgan fingerprint density at radius 2 is 2.05 bits per heavy atom. The fourth-order valence-corrected chi connectivity index (χ4v) is 4.35. The van der Waals surface area contributed by atoms with Crippen molar-refractivity contribution in [3.8, 4) is 0 Å². The average molecular weight is 325 g/mol. The van der Waals surface area contributed by atoms with Crippen LogP contribution in [0.2, 0.25) is 0 Å². The number of piperidine rings is 1. The third kappa shape index (κ3) is 3.49. The first-order valence-electron chi connectivity index (χ1n) is 7.71. The normalized spacial score (nSPS) is 22.6. The lowest BCUT2D eigenvalue weighted by Gasteiger charge is -2.34. The van der Waals surface area contributed by atoms with Gasteiger partial charge in [-0.25, -0.2) is 23.1 Å². The molecule has 122 valence electrons. The summed E-state index contributed by atoms with van der Waals surface area (Å²) in [6, 6.07) is 1.91. The maximum atomic E-state index is 12.1. The second-order valence-electron chi connectivity index (χ2n) is 6.28. The highest BCUT2D eigenvalue weighted by Gasteiger charge is 2.37. The molecule has 1 aliphatic heterocycles. The van der Waals surface area contributed by atoms with E-state index in [1.165, 1.54) is 0 Å². The Balaban J connectivity index is 1.69. The first kappa shape index (κ1) is 15.5. The molecular formula is C14H23N5O2S. The van der Waals surface area contributed by atoms with Crippen LogP contribution in [0.4, 0.5) is 11.6 Å². The molecule has 1 atom stereocenters. The van der Waals surface area contributed by atoms with Crippen LogP contribution in [0.5, 0.6) is 0 Å². The van der Waals surface area contributed by atoms with Crippen molar-refractivity contribution in [3.05, 3.63) is 12.4 Å². The second-order valence-corrected chi connectivity index (χ2v) is 8.27. The summed E-state index contributed by atoms with van der Waals surface area (Å²) in [4.78, 5) is 12.6. The van der Waals surface area contributed by atoms with Crippen molar-refractivity contribution < 1.29 is 8.42 Å². The molecule has 2 aliphatic rings. The highest BCUT2D eigenvalue weighted by molar-refractivity contribution is 7.90. The third-order valence-corrected chi connectivity index (χ3v) is 6.15. The van der Waals surface area contributed by atoms with E-state index in [1.807, 2.05) is 25.1 Å². The largest absolute Gasteiger partial charge is 0.363 e. The van der Waals surface area contributed by atoms with Crippen LogP contribution in [-0.2, 0) is 10.0 Å². The van der Waals surface area contributed by atoms with Gasteiger partial charge in [0.25, 0.3) is 0 Å². The van der Waals surface area contributed by atoms with Crippen LogP contribution in [0, 0.1) is 0 Å². The summed E-state index contributed by atoms with van der Waals surface area (Å²) in [5, 5.41) is -0.165. The van der Waals surface area contributed by atoms with E-state index in [2.05, 4.69) is 19.6 Å². The van der Waals surface area contributed by atoms with Crippen molar-refractivity contribution in [2.75, 3.05) is 37.0 Å². The van der Waals surface area contributed by atoms with E-state index in [0.29, 0.717) is 6.54 Å². The van der Waals surface area contributed by atoms with E-state index in [-0.39, 0.29) is 11.3 Å². The Kier molecular flexibility index (Phi) is 4.22. The number of aromatic nitrogens is 2. The molecule has 0 radical (unpaired) electrons. The average Bonchev–Trinajstić information content (AvgIpc) is 3.32. The molecule has 1 aromatic rings.